The Balaban J connectivity index is 1.37. The van der Waals surface area contributed by atoms with Crippen LogP contribution in [0.15, 0.2) is 48.5 Å². The number of imide groups is 1. The number of H-pyrrole nitrogens is 1. The number of ether oxygens (including phenoxy) is 2. The van der Waals surface area contributed by atoms with E-state index in [1.807, 2.05) is 60.4 Å². The van der Waals surface area contributed by atoms with E-state index < -0.39 is 11.6 Å². The van der Waals surface area contributed by atoms with Gasteiger partial charge in [-0.3, -0.25) is 19.5 Å². The zero-order chi connectivity index (χ0) is 27.1. The summed E-state index contributed by atoms with van der Waals surface area (Å²) in [5, 5.41) is 1.03. The lowest BCUT2D eigenvalue weighted by atomic mass is 9.81. The molecule has 0 bridgehead atoms. The van der Waals surface area contributed by atoms with Crippen molar-refractivity contribution in [3.05, 3.63) is 65.4 Å². The van der Waals surface area contributed by atoms with E-state index >= 15 is 0 Å². The number of piperazine rings is 1. The molecule has 0 saturated carbocycles. The molecule has 206 valence electrons. The van der Waals surface area contributed by atoms with E-state index in [0.29, 0.717) is 32.7 Å². The van der Waals surface area contributed by atoms with Crippen LogP contribution < -0.4 is 4.74 Å². The van der Waals surface area contributed by atoms with Gasteiger partial charge in [0.1, 0.15) is 23.9 Å². The Morgan fingerprint density at radius 3 is 2.51 bits per heavy atom. The van der Waals surface area contributed by atoms with Crippen molar-refractivity contribution in [3.8, 4) is 5.75 Å². The SMILES string of the molecule is COCCOc1ccc2[nH]c3c(c2c1)CC1(C)C(=O)N(CCN2CCN(C)CC2)C(=O)N1C3c1ccccc1. The Labute approximate surface area is 229 Å². The molecule has 2 fully saturated rings. The average molecular weight is 532 g/mol. The molecule has 0 spiro atoms. The predicted octanol–water partition coefficient (Wildman–Crippen LogP) is 3.11. The number of fused-ring (bicyclic) bond motifs is 4. The second-order valence-electron chi connectivity index (χ2n) is 11.1. The van der Waals surface area contributed by atoms with Gasteiger partial charge in [0.2, 0.25) is 0 Å². The molecule has 1 N–H and O–H groups in total. The maximum absolute atomic E-state index is 14.1. The number of carbonyl (C=O) groups excluding carboxylic acids is 2. The number of hydrogen-bond donors (Lipinski definition) is 1. The molecule has 3 amide bonds. The molecule has 9 nitrogen and oxygen atoms in total. The van der Waals surface area contributed by atoms with E-state index in [0.717, 1.165) is 59.7 Å². The van der Waals surface area contributed by atoms with Crippen LogP contribution in [0.5, 0.6) is 5.75 Å². The topological polar surface area (TPSA) is 81.4 Å². The molecular formula is C30H37N5O4. The normalized spacial score (nSPS) is 23.9. The number of benzene rings is 2. The highest BCUT2D eigenvalue weighted by Gasteiger charge is 2.60. The second kappa shape index (κ2) is 10.3. The molecule has 2 atom stereocenters. The third kappa shape index (κ3) is 4.48. The van der Waals surface area contributed by atoms with Gasteiger partial charge in [-0.25, -0.2) is 4.79 Å². The molecule has 3 aliphatic rings. The molecule has 9 heteroatoms. The minimum atomic E-state index is -0.977. The largest absolute Gasteiger partial charge is 0.491 e. The van der Waals surface area contributed by atoms with Crippen molar-refractivity contribution in [2.24, 2.45) is 0 Å². The summed E-state index contributed by atoms with van der Waals surface area (Å²) >= 11 is 0. The van der Waals surface area contributed by atoms with Gasteiger partial charge >= 0.3 is 6.03 Å². The van der Waals surface area contributed by atoms with Crippen LogP contribution in [0.3, 0.4) is 0 Å². The number of carbonyl (C=O) groups is 2. The Morgan fingerprint density at radius 2 is 1.77 bits per heavy atom. The van der Waals surface area contributed by atoms with E-state index in [9.17, 15) is 9.59 Å². The summed E-state index contributed by atoms with van der Waals surface area (Å²) in [6, 6.07) is 15.4. The van der Waals surface area contributed by atoms with Crippen molar-refractivity contribution < 1.29 is 19.1 Å². The maximum Gasteiger partial charge on any atom is 0.328 e. The maximum atomic E-state index is 14.1. The molecule has 3 aliphatic heterocycles. The van der Waals surface area contributed by atoms with Gasteiger partial charge in [0.05, 0.1) is 6.61 Å². The van der Waals surface area contributed by atoms with E-state index in [-0.39, 0.29) is 11.9 Å². The molecule has 6 rings (SSSR count). The number of aromatic nitrogens is 1. The number of nitrogens with one attached hydrogen (secondary N) is 1. The summed E-state index contributed by atoms with van der Waals surface area (Å²) in [5.74, 6) is 0.642. The van der Waals surface area contributed by atoms with Crippen LogP contribution in [-0.2, 0) is 16.0 Å². The highest BCUT2D eigenvalue weighted by molar-refractivity contribution is 6.08. The summed E-state index contributed by atoms with van der Waals surface area (Å²) in [5.41, 5.74) is 3.00. The first-order valence-corrected chi connectivity index (χ1v) is 13.8. The standard InChI is InChI=1S/C30H37N5O4/c1-30-20-24-23-19-22(39-18-17-38-3)9-10-25(23)31-26(24)27(21-7-5-4-6-8-21)35(30)29(37)34(28(30)36)16-15-33-13-11-32(2)12-14-33/h4-10,19,27,31H,11-18,20H2,1-3H3. The van der Waals surface area contributed by atoms with Gasteiger partial charge in [-0.15, -0.1) is 0 Å². The van der Waals surface area contributed by atoms with Crippen LogP contribution in [0.1, 0.15) is 29.8 Å². The molecule has 2 unspecified atom stereocenters. The fourth-order valence-electron chi connectivity index (χ4n) is 6.32. The van der Waals surface area contributed by atoms with Crippen molar-refractivity contribution in [1.29, 1.82) is 0 Å². The van der Waals surface area contributed by atoms with Crippen molar-refractivity contribution >= 4 is 22.8 Å². The molecule has 0 aliphatic carbocycles. The van der Waals surface area contributed by atoms with Crippen LogP contribution in [0.2, 0.25) is 0 Å². The van der Waals surface area contributed by atoms with Crippen molar-refractivity contribution in [2.75, 3.05) is 66.6 Å². The van der Waals surface area contributed by atoms with Crippen LogP contribution in [0.25, 0.3) is 10.9 Å². The summed E-state index contributed by atoms with van der Waals surface area (Å²) in [4.78, 5) is 39.7. The minimum Gasteiger partial charge on any atom is -0.491 e. The van der Waals surface area contributed by atoms with E-state index in [4.69, 9.17) is 9.47 Å². The van der Waals surface area contributed by atoms with Gasteiger partial charge < -0.3 is 19.4 Å². The highest BCUT2D eigenvalue weighted by Crippen LogP contribution is 2.48. The number of aromatic amines is 1. The first-order chi connectivity index (χ1) is 18.9. The van der Waals surface area contributed by atoms with Gasteiger partial charge in [0.15, 0.2) is 0 Å². The zero-order valence-electron chi connectivity index (χ0n) is 23.0. The van der Waals surface area contributed by atoms with Gasteiger partial charge in [-0.05, 0) is 43.3 Å². The lowest BCUT2D eigenvalue weighted by molar-refractivity contribution is -0.133. The lowest BCUT2D eigenvalue weighted by Crippen LogP contribution is -2.53. The Morgan fingerprint density at radius 1 is 1.00 bits per heavy atom. The quantitative estimate of drug-likeness (QED) is 0.356. The van der Waals surface area contributed by atoms with Crippen molar-refractivity contribution in [2.45, 2.75) is 24.9 Å². The fourth-order valence-corrected chi connectivity index (χ4v) is 6.32. The molecule has 4 heterocycles. The van der Waals surface area contributed by atoms with Gasteiger partial charge in [0.25, 0.3) is 5.91 Å². The van der Waals surface area contributed by atoms with E-state index in [2.05, 4.69) is 21.8 Å². The summed E-state index contributed by atoms with van der Waals surface area (Å²) in [6.45, 7) is 7.90. The number of amides is 3. The summed E-state index contributed by atoms with van der Waals surface area (Å²) < 4.78 is 11.0. The van der Waals surface area contributed by atoms with Crippen LogP contribution in [0, 0.1) is 0 Å². The first kappa shape index (κ1) is 25.9. The number of nitrogens with zero attached hydrogens (tertiary/aromatic N) is 4. The Kier molecular flexibility index (Phi) is 6.82. The lowest BCUT2D eigenvalue weighted by Gasteiger charge is -2.42. The number of methoxy groups -OCH3 is 1. The fraction of sp³-hybridized carbons (Fsp3) is 0.467. The highest BCUT2D eigenvalue weighted by atomic mass is 16.5. The van der Waals surface area contributed by atoms with Crippen molar-refractivity contribution in [3.63, 3.8) is 0 Å². The summed E-state index contributed by atoms with van der Waals surface area (Å²) in [7, 11) is 3.78. The molecule has 1 aromatic heterocycles. The zero-order valence-corrected chi connectivity index (χ0v) is 23.0. The van der Waals surface area contributed by atoms with E-state index in [1.54, 1.807) is 7.11 Å². The molecule has 3 aromatic rings. The smallest absolute Gasteiger partial charge is 0.328 e. The van der Waals surface area contributed by atoms with Crippen LogP contribution in [0.4, 0.5) is 4.79 Å². The third-order valence-corrected chi connectivity index (χ3v) is 8.55. The minimum absolute atomic E-state index is 0.116. The number of rotatable bonds is 8. The predicted molar refractivity (Wildman–Crippen MR) is 149 cm³/mol. The van der Waals surface area contributed by atoms with E-state index in [1.165, 1.54) is 4.90 Å². The molecular weight excluding hydrogens is 494 g/mol. The first-order valence-electron chi connectivity index (χ1n) is 13.8. The molecule has 2 saturated heterocycles. The molecule has 0 radical (unpaired) electrons. The Hall–Kier alpha value is -3.40. The average Bonchev–Trinajstić information content (AvgIpc) is 3.39. The van der Waals surface area contributed by atoms with Crippen LogP contribution in [-0.4, -0.2) is 109 Å². The van der Waals surface area contributed by atoms with Crippen LogP contribution >= 0.6 is 0 Å². The Bertz CT molecular complexity index is 1370. The molecule has 2 aromatic carbocycles. The third-order valence-electron chi connectivity index (χ3n) is 8.55. The number of likely N-dealkylation sites (N-methyl/N-ethyl adjacent to an activating group) is 1. The van der Waals surface area contributed by atoms with Gasteiger partial charge in [-0.1, -0.05) is 30.3 Å². The van der Waals surface area contributed by atoms with Crippen molar-refractivity contribution in [1.82, 2.24) is 24.6 Å². The number of hydrogen-bond acceptors (Lipinski definition) is 6. The van der Waals surface area contributed by atoms with Gasteiger partial charge in [-0.2, -0.15) is 0 Å². The molecule has 39 heavy (non-hydrogen) atoms. The second-order valence-corrected chi connectivity index (χ2v) is 11.1. The number of urea groups is 1. The summed E-state index contributed by atoms with van der Waals surface area (Å²) in [6.07, 6.45) is 0.447. The monoisotopic (exact) mass is 531 g/mol. The van der Waals surface area contributed by atoms with Gasteiger partial charge in [0, 0.05) is 69.4 Å².